The predicted octanol–water partition coefficient (Wildman–Crippen LogP) is 4.31. The molecule has 0 aliphatic heterocycles. The van der Waals surface area contributed by atoms with Gasteiger partial charge < -0.3 is 0 Å². The maximum absolute atomic E-state index is 13.1. The van der Waals surface area contributed by atoms with Gasteiger partial charge in [-0.15, -0.1) is 10.2 Å². The topological polar surface area (TPSA) is 86.3 Å². The highest BCUT2D eigenvalue weighted by Gasteiger charge is 2.19. The summed E-state index contributed by atoms with van der Waals surface area (Å²) < 4.78 is 28.8. The Balaban J connectivity index is 1.66. The van der Waals surface area contributed by atoms with Crippen molar-refractivity contribution in [1.82, 2.24) is 19.2 Å². The van der Waals surface area contributed by atoms with Gasteiger partial charge in [-0.3, -0.25) is 13.8 Å². The van der Waals surface area contributed by atoms with E-state index >= 15 is 0 Å². The summed E-state index contributed by atoms with van der Waals surface area (Å²) in [5.41, 5.74) is 0.615. The van der Waals surface area contributed by atoms with Crippen molar-refractivity contribution in [2.75, 3.05) is 11.5 Å². The maximum Gasteiger partial charge on any atom is 0.262 e. The zero-order chi connectivity index (χ0) is 22.9. The van der Waals surface area contributed by atoms with E-state index in [4.69, 9.17) is 11.6 Å². The average Bonchev–Trinajstić information content (AvgIpc) is 3.17. The first kappa shape index (κ1) is 22.8. The van der Waals surface area contributed by atoms with Crippen LogP contribution in [-0.2, 0) is 16.4 Å². The van der Waals surface area contributed by atoms with E-state index in [1.807, 2.05) is 22.6 Å². The highest BCUT2D eigenvalue weighted by atomic mass is 35.5. The molecule has 0 aliphatic rings. The van der Waals surface area contributed by atoms with Crippen LogP contribution >= 0.6 is 23.4 Å². The lowest BCUT2D eigenvalue weighted by atomic mass is 10.1. The first-order chi connectivity index (χ1) is 15.3. The molecular weight excluding hydrogens is 468 g/mol. The van der Waals surface area contributed by atoms with Gasteiger partial charge in [0.2, 0.25) is 5.78 Å². The molecule has 0 amide bonds. The highest BCUT2D eigenvalue weighted by Crippen LogP contribution is 2.23. The zero-order valence-electron chi connectivity index (χ0n) is 17.7. The molecule has 0 saturated carbocycles. The Hall–Kier alpha value is -2.36. The monoisotopic (exact) mass is 490 g/mol. The third-order valence-corrected chi connectivity index (χ3v) is 8.34. The summed E-state index contributed by atoms with van der Waals surface area (Å²) in [6.07, 6.45) is 0.836. The Morgan fingerprint density at radius 3 is 2.50 bits per heavy atom. The Kier molecular flexibility index (Phi) is 6.60. The van der Waals surface area contributed by atoms with Gasteiger partial charge in [0, 0.05) is 17.3 Å². The summed E-state index contributed by atoms with van der Waals surface area (Å²) in [5.74, 6) is 1.14. The zero-order valence-corrected chi connectivity index (χ0v) is 20.1. The van der Waals surface area contributed by atoms with E-state index in [1.165, 1.54) is 23.9 Å². The largest absolute Gasteiger partial charge is 0.276 e. The minimum atomic E-state index is -3.45. The first-order valence-corrected chi connectivity index (χ1v) is 13.3. The van der Waals surface area contributed by atoms with Gasteiger partial charge in [-0.25, -0.2) is 8.42 Å². The molecule has 0 aliphatic carbocycles. The van der Waals surface area contributed by atoms with E-state index in [-0.39, 0.29) is 16.2 Å². The van der Waals surface area contributed by atoms with Crippen LogP contribution in [0.4, 0.5) is 0 Å². The number of nitrogens with zero attached hydrogens (tertiary/aromatic N) is 4. The quantitative estimate of drug-likeness (QED) is 0.342. The van der Waals surface area contributed by atoms with E-state index in [2.05, 4.69) is 24.0 Å². The molecule has 2 aromatic heterocycles. The van der Waals surface area contributed by atoms with Crippen molar-refractivity contribution in [3.05, 3.63) is 63.9 Å². The number of aryl methyl sites for hydroxylation is 1. The fraction of sp³-hybridized carbons (Fsp3) is 0.318. The van der Waals surface area contributed by atoms with E-state index in [0.29, 0.717) is 45.1 Å². The second kappa shape index (κ2) is 9.25. The van der Waals surface area contributed by atoms with Crippen LogP contribution in [0.1, 0.15) is 20.3 Å². The maximum atomic E-state index is 13.1. The average molecular weight is 491 g/mol. The van der Waals surface area contributed by atoms with Gasteiger partial charge in [0.15, 0.2) is 15.0 Å². The van der Waals surface area contributed by atoms with Crippen molar-refractivity contribution in [2.45, 2.75) is 36.9 Å². The number of rotatable bonds is 8. The lowest BCUT2D eigenvalue weighted by Gasteiger charge is -2.12. The molecule has 168 valence electrons. The van der Waals surface area contributed by atoms with Gasteiger partial charge in [-0.05, 0) is 48.7 Å². The van der Waals surface area contributed by atoms with Gasteiger partial charge in [-0.2, -0.15) is 0 Å². The van der Waals surface area contributed by atoms with Crippen molar-refractivity contribution in [3.8, 4) is 0 Å². The van der Waals surface area contributed by atoms with Crippen molar-refractivity contribution < 1.29 is 8.42 Å². The normalized spacial score (nSPS) is 12.2. The van der Waals surface area contributed by atoms with E-state index in [9.17, 15) is 13.2 Å². The Bertz CT molecular complexity index is 1430. The van der Waals surface area contributed by atoms with Crippen molar-refractivity contribution in [2.24, 2.45) is 5.92 Å². The molecule has 0 spiro atoms. The number of benzene rings is 2. The van der Waals surface area contributed by atoms with Crippen LogP contribution in [0.3, 0.4) is 0 Å². The molecule has 7 nitrogen and oxygen atoms in total. The SMILES string of the molecule is CC(C)CCn1c(=O)c2ccccc2n2c(SCCS(=O)(=O)c3ccc(Cl)cc3)nnc12. The van der Waals surface area contributed by atoms with E-state index in [1.54, 1.807) is 22.8 Å². The second-order valence-corrected chi connectivity index (χ2v) is 11.5. The summed E-state index contributed by atoms with van der Waals surface area (Å²) >= 11 is 7.16. The molecule has 0 radical (unpaired) electrons. The summed E-state index contributed by atoms with van der Waals surface area (Å²) in [6.45, 7) is 4.75. The molecule has 10 heteroatoms. The summed E-state index contributed by atoms with van der Waals surface area (Å²) in [4.78, 5) is 13.3. The summed E-state index contributed by atoms with van der Waals surface area (Å²) in [6, 6.07) is 13.5. The number of thioether (sulfide) groups is 1. The molecule has 32 heavy (non-hydrogen) atoms. The van der Waals surface area contributed by atoms with Gasteiger partial charge in [0.1, 0.15) is 0 Å². The van der Waals surface area contributed by atoms with Crippen LogP contribution in [0, 0.1) is 5.92 Å². The minimum Gasteiger partial charge on any atom is -0.276 e. The Morgan fingerprint density at radius 1 is 1.06 bits per heavy atom. The molecule has 0 saturated heterocycles. The van der Waals surface area contributed by atoms with Crippen molar-refractivity contribution >= 4 is 49.9 Å². The molecule has 2 heterocycles. The van der Waals surface area contributed by atoms with Crippen LogP contribution in [0.2, 0.25) is 5.02 Å². The Labute approximate surface area is 195 Å². The van der Waals surface area contributed by atoms with Crippen molar-refractivity contribution in [3.63, 3.8) is 0 Å². The minimum absolute atomic E-state index is 0.0564. The molecular formula is C22H23ClN4O3S2. The van der Waals surface area contributed by atoms with Crippen LogP contribution < -0.4 is 5.56 Å². The highest BCUT2D eigenvalue weighted by molar-refractivity contribution is 8.00. The number of fused-ring (bicyclic) bond motifs is 3. The van der Waals surface area contributed by atoms with Crippen molar-refractivity contribution in [1.29, 1.82) is 0 Å². The third-order valence-electron chi connectivity index (χ3n) is 5.16. The van der Waals surface area contributed by atoms with E-state index < -0.39 is 9.84 Å². The van der Waals surface area contributed by atoms with E-state index in [0.717, 1.165) is 6.42 Å². The number of aromatic nitrogens is 4. The molecule has 0 bridgehead atoms. The standard InChI is InChI=1S/C22H23ClN4O3S2/c1-15(2)11-12-26-20(28)18-5-3-4-6-19(18)27-21(26)24-25-22(27)31-13-14-32(29,30)17-9-7-16(23)8-10-17/h3-10,15H,11-14H2,1-2H3. The molecule has 0 N–H and O–H groups in total. The smallest absolute Gasteiger partial charge is 0.262 e. The number of halogens is 1. The first-order valence-electron chi connectivity index (χ1n) is 10.3. The number of hydrogen-bond donors (Lipinski definition) is 0. The fourth-order valence-electron chi connectivity index (χ4n) is 3.42. The molecule has 4 aromatic rings. The summed E-state index contributed by atoms with van der Waals surface area (Å²) in [7, 11) is -3.45. The van der Waals surface area contributed by atoms with Crippen LogP contribution in [0.25, 0.3) is 16.7 Å². The van der Waals surface area contributed by atoms with Gasteiger partial charge >= 0.3 is 0 Å². The lowest BCUT2D eigenvalue weighted by Crippen LogP contribution is -2.24. The molecule has 4 rings (SSSR count). The van der Waals surface area contributed by atoms with Gasteiger partial charge in [0.25, 0.3) is 5.56 Å². The predicted molar refractivity (Wildman–Crippen MR) is 128 cm³/mol. The molecule has 2 aromatic carbocycles. The number of para-hydroxylation sites is 1. The Morgan fingerprint density at radius 2 is 1.78 bits per heavy atom. The van der Waals surface area contributed by atoms with Crippen LogP contribution in [-0.4, -0.2) is 39.1 Å². The van der Waals surface area contributed by atoms with Crippen LogP contribution in [0.15, 0.2) is 63.4 Å². The second-order valence-electron chi connectivity index (χ2n) is 7.90. The number of hydrogen-bond acceptors (Lipinski definition) is 6. The van der Waals surface area contributed by atoms with Crippen LogP contribution in [0.5, 0.6) is 0 Å². The fourth-order valence-corrected chi connectivity index (χ4v) is 6.13. The van der Waals surface area contributed by atoms with Gasteiger partial charge in [-0.1, -0.05) is 49.3 Å². The molecule has 0 fully saturated rings. The third kappa shape index (κ3) is 4.55. The molecule has 0 unspecified atom stereocenters. The number of sulfone groups is 1. The lowest BCUT2D eigenvalue weighted by molar-refractivity contribution is 0.512. The molecule has 0 atom stereocenters. The van der Waals surface area contributed by atoms with Gasteiger partial charge in [0.05, 0.1) is 21.6 Å². The summed E-state index contributed by atoms with van der Waals surface area (Å²) in [5, 5.41) is 10.2.